The van der Waals surface area contributed by atoms with Gasteiger partial charge in [0.2, 0.25) is 0 Å². The highest BCUT2D eigenvalue weighted by Crippen LogP contribution is 2.66. The highest BCUT2D eigenvalue weighted by Gasteiger charge is 2.53. The van der Waals surface area contributed by atoms with Gasteiger partial charge in [0.25, 0.3) is 0 Å². The molecule has 14 rings (SSSR count). The molecule has 0 heterocycles. The fraction of sp³-hybridized carbons (Fsp3) is 0.0270. The molecule has 0 fully saturated rings. The van der Waals surface area contributed by atoms with Crippen LogP contribution in [0.25, 0.3) is 55.6 Å². The van der Waals surface area contributed by atoms with Gasteiger partial charge in [0, 0.05) is 17.1 Å². The van der Waals surface area contributed by atoms with Crippen molar-refractivity contribution in [3.05, 3.63) is 354 Å². The Kier molecular flexibility index (Phi) is 10.7. The minimum absolute atomic E-state index is 0.624. The monoisotopic (exact) mass is 953 g/mol. The van der Waals surface area contributed by atoms with Gasteiger partial charge in [0.15, 0.2) is 0 Å². The Balaban J connectivity index is 1.11. The minimum atomic E-state index is -0.697. The third-order valence-corrected chi connectivity index (χ3v) is 16.0. The second-order valence-corrected chi connectivity index (χ2v) is 19.9. The summed E-state index contributed by atoms with van der Waals surface area (Å²) in [6, 6.07) is 115. The van der Waals surface area contributed by atoms with Gasteiger partial charge < -0.3 is 4.90 Å². The van der Waals surface area contributed by atoms with E-state index in [1.165, 1.54) is 100 Å². The van der Waals surface area contributed by atoms with Crippen LogP contribution in [0.3, 0.4) is 0 Å². The third-order valence-electron chi connectivity index (χ3n) is 16.0. The van der Waals surface area contributed by atoms with Crippen molar-refractivity contribution in [3.8, 4) is 55.6 Å². The Bertz CT molecular complexity index is 3820. The molecule has 0 aliphatic heterocycles. The zero-order valence-electron chi connectivity index (χ0n) is 41.4. The van der Waals surface area contributed by atoms with Crippen LogP contribution >= 0.6 is 0 Å². The van der Waals surface area contributed by atoms with Gasteiger partial charge in [-0.05, 0) is 137 Å². The molecule has 0 N–H and O–H groups in total. The largest absolute Gasteiger partial charge is 0.310 e. The molecule has 0 aromatic heterocycles. The predicted octanol–water partition coefficient (Wildman–Crippen LogP) is 18.9. The van der Waals surface area contributed by atoms with Gasteiger partial charge in [0.1, 0.15) is 0 Å². The average molecular weight is 954 g/mol. The number of hydrogen-bond donors (Lipinski definition) is 0. The summed E-state index contributed by atoms with van der Waals surface area (Å²) < 4.78 is 0. The van der Waals surface area contributed by atoms with Crippen LogP contribution in [0.5, 0.6) is 0 Å². The van der Waals surface area contributed by atoms with Crippen LogP contribution in [0.15, 0.2) is 309 Å². The Morgan fingerprint density at radius 1 is 0.200 bits per heavy atom. The van der Waals surface area contributed by atoms with E-state index in [0.717, 1.165) is 17.1 Å². The highest BCUT2D eigenvalue weighted by atomic mass is 15.1. The SMILES string of the molecule is c1ccc(-c2ccc(N(c3ccc(-c4ccccc4)cc3)c3ccc4c(c3)-c3c(cc5c(c3-c3ccccc3)-c3ccccc3C5(c3ccccc3)c3ccccc3)C4(c3ccccc3)c3ccccc3)cc2)cc1. The molecule has 0 spiro atoms. The number of nitrogens with zero attached hydrogens (tertiary/aromatic N) is 1. The molecular formula is C74H51N. The molecule has 0 saturated heterocycles. The Labute approximate surface area is 440 Å². The van der Waals surface area contributed by atoms with E-state index in [-0.39, 0.29) is 0 Å². The number of hydrogen-bond acceptors (Lipinski definition) is 1. The number of fused-ring (bicyclic) bond motifs is 6. The Morgan fingerprint density at radius 3 is 0.947 bits per heavy atom. The lowest BCUT2D eigenvalue weighted by Crippen LogP contribution is -2.31. The maximum Gasteiger partial charge on any atom is 0.0713 e. The molecule has 12 aromatic carbocycles. The molecule has 0 saturated carbocycles. The maximum atomic E-state index is 2.64. The third kappa shape index (κ3) is 6.93. The summed E-state index contributed by atoms with van der Waals surface area (Å²) in [6.45, 7) is 0. The molecule has 0 atom stereocenters. The molecule has 2 aliphatic rings. The van der Waals surface area contributed by atoms with Crippen molar-refractivity contribution in [1.82, 2.24) is 0 Å². The van der Waals surface area contributed by atoms with E-state index in [2.05, 4.69) is 314 Å². The van der Waals surface area contributed by atoms with Crippen molar-refractivity contribution in [2.45, 2.75) is 10.8 Å². The summed E-state index contributed by atoms with van der Waals surface area (Å²) >= 11 is 0. The van der Waals surface area contributed by atoms with Crippen molar-refractivity contribution in [2.75, 3.05) is 4.90 Å². The van der Waals surface area contributed by atoms with Crippen molar-refractivity contribution >= 4 is 17.1 Å². The van der Waals surface area contributed by atoms with Gasteiger partial charge in [-0.2, -0.15) is 0 Å². The van der Waals surface area contributed by atoms with Crippen molar-refractivity contribution in [3.63, 3.8) is 0 Å². The van der Waals surface area contributed by atoms with Gasteiger partial charge in [0.05, 0.1) is 10.8 Å². The van der Waals surface area contributed by atoms with Crippen molar-refractivity contribution in [2.24, 2.45) is 0 Å². The average Bonchev–Trinajstić information content (AvgIpc) is 4.16. The van der Waals surface area contributed by atoms with E-state index in [9.17, 15) is 0 Å². The first-order valence-corrected chi connectivity index (χ1v) is 26.1. The summed E-state index contributed by atoms with van der Waals surface area (Å²) in [7, 11) is 0. The fourth-order valence-electron chi connectivity index (χ4n) is 12.9. The summed E-state index contributed by atoms with van der Waals surface area (Å²) in [5.41, 5.74) is 24.2. The molecule has 352 valence electrons. The number of anilines is 3. The quantitative estimate of drug-likeness (QED) is 0.132. The second-order valence-electron chi connectivity index (χ2n) is 19.9. The highest BCUT2D eigenvalue weighted by molar-refractivity contribution is 6.07. The zero-order chi connectivity index (χ0) is 49.8. The van der Waals surface area contributed by atoms with Gasteiger partial charge in [-0.15, -0.1) is 0 Å². The van der Waals surface area contributed by atoms with Crippen LogP contribution in [-0.2, 0) is 10.8 Å². The van der Waals surface area contributed by atoms with Crippen LogP contribution in [0.2, 0.25) is 0 Å². The van der Waals surface area contributed by atoms with E-state index < -0.39 is 10.8 Å². The maximum absolute atomic E-state index is 2.64. The van der Waals surface area contributed by atoms with E-state index in [0.29, 0.717) is 0 Å². The molecule has 0 unspecified atom stereocenters. The normalized spacial score (nSPS) is 13.3. The van der Waals surface area contributed by atoms with Crippen LogP contribution in [0.1, 0.15) is 44.5 Å². The second kappa shape index (κ2) is 18.2. The van der Waals surface area contributed by atoms with E-state index in [1.54, 1.807) is 0 Å². The first-order valence-electron chi connectivity index (χ1n) is 26.1. The molecule has 1 nitrogen and oxygen atoms in total. The summed E-state index contributed by atoms with van der Waals surface area (Å²) in [5, 5.41) is 0. The lowest BCUT2D eigenvalue weighted by atomic mass is 9.64. The fourth-order valence-corrected chi connectivity index (χ4v) is 12.9. The molecule has 1 heteroatoms. The molecule has 12 aromatic rings. The van der Waals surface area contributed by atoms with Crippen LogP contribution in [0.4, 0.5) is 17.1 Å². The molecule has 0 bridgehead atoms. The lowest BCUT2D eigenvalue weighted by Gasteiger charge is -2.37. The smallest absolute Gasteiger partial charge is 0.0713 e. The molecule has 0 radical (unpaired) electrons. The van der Waals surface area contributed by atoms with E-state index >= 15 is 0 Å². The first-order chi connectivity index (χ1) is 37.2. The van der Waals surface area contributed by atoms with Gasteiger partial charge in [-0.3, -0.25) is 0 Å². The van der Waals surface area contributed by atoms with Crippen molar-refractivity contribution in [1.29, 1.82) is 0 Å². The van der Waals surface area contributed by atoms with Gasteiger partial charge in [-0.1, -0.05) is 273 Å². The van der Waals surface area contributed by atoms with Crippen LogP contribution in [0, 0.1) is 0 Å². The van der Waals surface area contributed by atoms with E-state index in [4.69, 9.17) is 0 Å². The number of benzene rings is 12. The minimum Gasteiger partial charge on any atom is -0.310 e. The van der Waals surface area contributed by atoms with E-state index in [1.807, 2.05) is 0 Å². The number of rotatable bonds is 10. The Hall–Kier alpha value is -9.56. The zero-order valence-corrected chi connectivity index (χ0v) is 41.4. The molecule has 0 amide bonds. The molecule has 75 heavy (non-hydrogen) atoms. The summed E-state index contributed by atoms with van der Waals surface area (Å²) in [5.74, 6) is 0. The summed E-state index contributed by atoms with van der Waals surface area (Å²) in [6.07, 6.45) is 0. The predicted molar refractivity (Wildman–Crippen MR) is 312 cm³/mol. The van der Waals surface area contributed by atoms with Gasteiger partial charge in [-0.25, -0.2) is 0 Å². The van der Waals surface area contributed by atoms with Gasteiger partial charge >= 0.3 is 0 Å². The van der Waals surface area contributed by atoms with Crippen molar-refractivity contribution < 1.29 is 0 Å². The standard InChI is InChI=1S/C74H51N/c1-8-24-52(25-9-1)54-40-44-61(45-41-54)75(62-46-42-55(43-47-62)53-26-10-2-11-27-53)63-48-49-67-65(50-63)72-69(74(67,59-34-18-6-19-35-59)60-36-20-7-21-37-60)51-68-71(70(72)56-28-12-3-13-29-56)64-38-22-23-39-66(64)73(68,57-30-14-4-15-31-57)58-32-16-5-17-33-58/h1-51H. The molecular weight excluding hydrogens is 903 g/mol. The Morgan fingerprint density at radius 2 is 0.520 bits per heavy atom. The first kappa shape index (κ1) is 44.2. The molecule has 2 aliphatic carbocycles. The summed E-state index contributed by atoms with van der Waals surface area (Å²) in [4.78, 5) is 2.44. The van der Waals surface area contributed by atoms with Crippen LogP contribution in [-0.4, -0.2) is 0 Å². The topological polar surface area (TPSA) is 3.24 Å². The lowest BCUT2D eigenvalue weighted by molar-refractivity contribution is 0.744. The van der Waals surface area contributed by atoms with Crippen LogP contribution < -0.4 is 4.90 Å².